The van der Waals surface area contributed by atoms with Crippen molar-refractivity contribution in [2.75, 3.05) is 19.8 Å². The molecule has 0 saturated heterocycles. The summed E-state index contributed by atoms with van der Waals surface area (Å²) >= 11 is 0. The number of aliphatic hydroxyl groups is 10. The number of carbonyl (C=O) groups is 1. The Kier molecular flexibility index (Phi) is 13.7. The molecule has 22 heavy (non-hydrogen) atoms. The summed E-state index contributed by atoms with van der Waals surface area (Å²) in [6.07, 6.45) is -11.1. The highest BCUT2D eigenvalue weighted by Gasteiger charge is 2.29. The molecule has 1 unspecified atom stereocenters. The quantitative estimate of drug-likeness (QED) is 0.179. The van der Waals surface area contributed by atoms with Crippen molar-refractivity contribution < 1.29 is 55.9 Å². The van der Waals surface area contributed by atoms with Crippen LogP contribution >= 0.6 is 0 Å². The lowest BCUT2D eigenvalue weighted by atomic mass is 10.0. The topological polar surface area (TPSA) is 219 Å². The third-order valence-electron chi connectivity index (χ3n) is 2.58. The highest BCUT2D eigenvalue weighted by molar-refractivity contribution is 5.56. The summed E-state index contributed by atoms with van der Waals surface area (Å²) in [5.74, 6) is 0. The van der Waals surface area contributed by atoms with Gasteiger partial charge in [-0.25, -0.2) is 0 Å². The molecule has 0 radical (unpaired) electrons. The minimum absolute atomic E-state index is 0.0258. The Morgan fingerprint density at radius 2 is 0.909 bits per heavy atom. The van der Waals surface area contributed by atoms with E-state index in [0.29, 0.717) is 0 Å². The van der Waals surface area contributed by atoms with Gasteiger partial charge >= 0.3 is 0 Å². The van der Waals surface area contributed by atoms with Crippen molar-refractivity contribution >= 4 is 6.29 Å². The van der Waals surface area contributed by atoms with Crippen molar-refractivity contribution in [3.05, 3.63) is 0 Å². The number of aldehydes is 1. The van der Waals surface area contributed by atoms with Gasteiger partial charge in [-0.05, 0) is 0 Å². The van der Waals surface area contributed by atoms with Crippen LogP contribution in [0.5, 0.6) is 0 Å². The number of hydrogen-bond acceptors (Lipinski definition) is 11. The molecule has 134 valence electrons. The Morgan fingerprint density at radius 3 is 1.18 bits per heavy atom. The largest absolute Gasteiger partial charge is 0.394 e. The van der Waals surface area contributed by atoms with Gasteiger partial charge in [0.1, 0.15) is 42.7 Å². The number of carbonyl (C=O) groups excluding carboxylic acids is 1. The lowest BCUT2D eigenvalue weighted by molar-refractivity contribution is -0.136. The van der Waals surface area contributed by atoms with E-state index in [9.17, 15) is 4.79 Å². The predicted octanol–water partition coefficient (Wildman–Crippen LogP) is -6.33. The highest BCUT2D eigenvalue weighted by Crippen LogP contribution is 2.03. The van der Waals surface area contributed by atoms with Crippen molar-refractivity contribution in [2.24, 2.45) is 0 Å². The van der Waals surface area contributed by atoms with Gasteiger partial charge in [-0.1, -0.05) is 0 Å². The normalized spacial score (nSPS) is 20.6. The van der Waals surface area contributed by atoms with Crippen LogP contribution in [0.3, 0.4) is 0 Å². The molecule has 0 saturated carbocycles. The molecule has 0 rings (SSSR count). The van der Waals surface area contributed by atoms with E-state index in [4.69, 9.17) is 51.1 Å². The van der Waals surface area contributed by atoms with E-state index in [1.54, 1.807) is 0 Å². The number of rotatable bonds is 9. The van der Waals surface area contributed by atoms with Crippen molar-refractivity contribution in [3.63, 3.8) is 0 Å². The second-order valence-corrected chi connectivity index (χ2v) is 4.35. The smallest absolute Gasteiger partial charge is 0.151 e. The monoisotopic (exact) mass is 332 g/mol. The summed E-state index contributed by atoms with van der Waals surface area (Å²) in [4.78, 5) is 9.90. The van der Waals surface area contributed by atoms with Crippen molar-refractivity contribution in [2.45, 2.75) is 42.7 Å². The summed E-state index contributed by atoms with van der Waals surface area (Å²) in [7, 11) is 0. The van der Waals surface area contributed by atoms with Gasteiger partial charge in [0, 0.05) is 0 Å². The molecule has 0 aliphatic carbocycles. The average Bonchev–Trinajstić information content (AvgIpc) is 2.56. The fourth-order valence-electron chi connectivity index (χ4n) is 1.09. The van der Waals surface area contributed by atoms with Crippen LogP contribution in [0.25, 0.3) is 0 Å². The number of hydrogen-bond donors (Lipinski definition) is 10. The van der Waals surface area contributed by atoms with E-state index in [1.165, 1.54) is 0 Å². The molecule has 0 aromatic carbocycles. The summed E-state index contributed by atoms with van der Waals surface area (Å²) in [6, 6.07) is 0. The molecule has 7 atom stereocenters. The molecular weight excluding hydrogens is 308 g/mol. The zero-order valence-electron chi connectivity index (χ0n) is 11.6. The van der Waals surface area contributed by atoms with Gasteiger partial charge in [-0.3, -0.25) is 0 Å². The van der Waals surface area contributed by atoms with E-state index < -0.39 is 62.5 Å². The molecule has 11 heteroatoms. The van der Waals surface area contributed by atoms with Crippen LogP contribution in [0.4, 0.5) is 0 Å². The first-order valence-electron chi connectivity index (χ1n) is 6.22. The molecule has 0 bridgehead atoms. The standard InChI is InChI=1S/C6H12O6.C5H12O5/c7-1-3(9)5(11)6(12)4(10)2-8;6-1-3(8)5(10)4(9)2-7/h1,3-6,8-12H,2H2;3-10H,1-2H2/t3-,4-,5-,6+;3-,4+,5?/m1./s1. The van der Waals surface area contributed by atoms with Crippen molar-refractivity contribution in [3.8, 4) is 0 Å². The molecule has 11 nitrogen and oxygen atoms in total. The Balaban J connectivity index is 0. The Morgan fingerprint density at radius 1 is 0.591 bits per heavy atom. The minimum Gasteiger partial charge on any atom is -0.394 e. The van der Waals surface area contributed by atoms with Gasteiger partial charge in [0.25, 0.3) is 0 Å². The molecule has 0 spiro atoms. The molecule has 0 fully saturated rings. The van der Waals surface area contributed by atoms with Crippen LogP contribution in [-0.2, 0) is 4.79 Å². The van der Waals surface area contributed by atoms with E-state index >= 15 is 0 Å². The predicted molar refractivity (Wildman–Crippen MR) is 69.4 cm³/mol. The second kappa shape index (κ2) is 12.8. The van der Waals surface area contributed by atoms with Gasteiger partial charge in [-0.2, -0.15) is 0 Å². The SMILES string of the molecule is O=C[C@@H](O)[C@@H](O)[C@@H](O)[C@H](O)CO.OC[C@@H](O)C(O)[C@@H](O)CO. The number of aliphatic hydroxyl groups excluding tert-OH is 10. The lowest BCUT2D eigenvalue weighted by Gasteiger charge is -2.22. The van der Waals surface area contributed by atoms with Gasteiger partial charge in [-0.15, -0.1) is 0 Å². The lowest BCUT2D eigenvalue weighted by Crippen LogP contribution is -2.46. The van der Waals surface area contributed by atoms with E-state index in [-0.39, 0.29) is 6.29 Å². The van der Waals surface area contributed by atoms with Gasteiger partial charge in [0.2, 0.25) is 0 Å². The highest BCUT2D eigenvalue weighted by atomic mass is 16.4. The third-order valence-corrected chi connectivity index (χ3v) is 2.58. The molecular formula is C11H24O11. The van der Waals surface area contributed by atoms with Gasteiger partial charge < -0.3 is 55.9 Å². The summed E-state index contributed by atoms with van der Waals surface area (Å²) in [5.41, 5.74) is 0. The van der Waals surface area contributed by atoms with Gasteiger partial charge in [0.15, 0.2) is 6.29 Å². The van der Waals surface area contributed by atoms with Gasteiger partial charge in [0.05, 0.1) is 19.8 Å². The van der Waals surface area contributed by atoms with E-state index in [2.05, 4.69) is 0 Å². The van der Waals surface area contributed by atoms with Crippen LogP contribution in [0.2, 0.25) is 0 Å². The first-order chi connectivity index (χ1) is 10.2. The first-order valence-corrected chi connectivity index (χ1v) is 6.22. The Bertz CT molecular complexity index is 267. The van der Waals surface area contributed by atoms with E-state index in [0.717, 1.165) is 0 Å². The maximum atomic E-state index is 9.90. The van der Waals surface area contributed by atoms with Crippen LogP contribution in [0.15, 0.2) is 0 Å². The maximum absolute atomic E-state index is 9.90. The Labute approximate surface area is 125 Å². The first kappa shape index (κ1) is 23.5. The second-order valence-electron chi connectivity index (χ2n) is 4.35. The van der Waals surface area contributed by atoms with E-state index in [1.807, 2.05) is 0 Å². The average molecular weight is 332 g/mol. The van der Waals surface area contributed by atoms with Crippen molar-refractivity contribution in [1.82, 2.24) is 0 Å². The molecule has 0 aromatic heterocycles. The molecule has 0 aliphatic heterocycles. The van der Waals surface area contributed by atoms with Crippen LogP contribution in [0.1, 0.15) is 0 Å². The zero-order valence-corrected chi connectivity index (χ0v) is 11.6. The molecule has 0 heterocycles. The van der Waals surface area contributed by atoms with Crippen LogP contribution < -0.4 is 0 Å². The van der Waals surface area contributed by atoms with Crippen LogP contribution in [-0.4, -0.2) is 120 Å². The molecule has 0 aromatic rings. The molecule has 0 amide bonds. The fourth-order valence-corrected chi connectivity index (χ4v) is 1.09. The minimum atomic E-state index is -1.79. The molecule has 0 aliphatic rings. The summed E-state index contributed by atoms with van der Waals surface area (Å²) in [6.45, 7) is -2.04. The van der Waals surface area contributed by atoms with Crippen LogP contribution in [0, 0.1) is 0 Å². The Hall–Kier alpha value is -0.730. The zero-order chi connectivity index (χ0) is 17.9. The summed E-state index contributed by atoms with van der Waals surface area (Å²) < 4.78 is 0. The van der Waals surface area contributed by atoms with Crippen molar-refractivity contribution in [1.29, 1.82) is 0 Å². The maximum Gasteiger partial charge on any atom is 0.151 e. The molecule has 10 N–H and O–H groups in total. The summed E-state index contributed by atoms with van der Waals surface area (Å²) in [5, 5.41) is 86.1. The fraction of sp³-hybridized carbons (Fsp3) is 0.909. The third kappa shape index (κ3) is 8.65.